The van der Waals surface area contributed by atoms with Gasteiger partial charge in [-0.25, -0.2) is 4.98 Å². The maximum Gasteiger partial charge on any atom is 0.143 e. The first-order chi connectivity index (χ1) is 7.20. The van der Waals surface area contributed by atoms with E-state index in [-0.39, 0.29) is 0 Å². The zero-order chi connectivity index (χ0) is 11.3. The van der Waals surface area contributed by atoms with Crippen LogP contribution in [0.25, 0.3) is 0 Å². The average Bonchev–Trinajstić information content (AvgIpc) is 2.25. The van der Waals surface area contributed by atoms with Crippen LogP contribution in [0.3, 0.4) is 0 Å². The first kappa shape index (κ1) is 12.0. The molecular formula is C11H14BrN3. The van der Waals surface area contributed by atoms with E-state index < -0.39 is 0 Å². The average molecular weight is 268 g/mol. The smallest absolute Gasteiger partial charge is 0.143 e. The molecule has 0 N–H and O–H groups in total. The van der Waals surface area contributed by atoms with Gasteiger partial charge in [0.2, 0.25) is 0 Å². The number of hydrogen-bond donors (Lipinski definition) is 0. The zero-order valence-corrected chi connectivity index (χ0v) is 10.6. The van der Waals surface area contributed by atoms with E-state index >= 15 is 0 Å². The fourth-order valence-corrected chi connectivity index (χ4v) is 1.83. The normalized spacial score (nSPS) is 9.73. The Balaban J connectivity index is 2.92. The van der Waals surface area contributed by atoms with Gasteiger partial charge >= 0.3 is 0 Å². The van der Waals surface area contributed by atoms with Gasteiger partial charge in [0.05, 0.1) is 17.0 Å². The van der Waals surface area contributed by atoms with E-state index in [9.17, 15) is 0 Å². The van der Waals surface area contributed by atoms with Crippen LogP contribution in [-0.4, -0.2) is 18.1 Å². The summed E-state index contributed by atoms with van der Waals surface area (Å²) in [6, 6.07) is 4.12. The number of rotatable bonds is 4. The lowest BCUT2D eigenvalue weighted by Crippen LogP contribution is -2.25. The molecule has 0 aliphatic carbocycles. The fourth-order valence-electron chi connectivity index (χ4n) is 1.35. The van der Waals surface area contributed by atoms with Crippen molar-refractivity contribution in [2.75, 3.05) is 18.0 Å². The maximum atomic E-state index is 8.57. The summed E-state index contributed by atoms with van der Waals surface area (Å²) in [7, 11) is 0. The summed E-state index contributed by atoms with van der Waals surface area (Å²) >= 11 is 3.53. The molecule has 1 heterocycles. The third-order valence-corrected chi connectivity index (χ3v) is 3.22. The van der Waals surface area contributed by atoms with Crippen molar-refractivity contribution in [3.8, 4) is 6.07 Å². The monoisotopic (exact) mass is 267 g/mol. The summed E-state index contributed by atoms with van der Waals surface area (Å²) in [6.07, 6.45) is 2.32. The van der Waals surface area contributed by atoms with Crippen molar-refractivity contribution in [3.05, 3.63) is 22.3 Å². The van der Waals surface area contributed by atoms with Gasteiger partial charge in [0.15, 0.2) is 0 Å². The number of pyridine rings is 1. The Bertz CT molecular complexity index is 371. The Morgan fingerprint density at radius 1 is 1.60 bits per heavy atom. The Kier molecular flexibility index (Phi) is 4.57. The van der Waals surface area contributed by atoms with E-state index in [4.69, 9.17) is 5.26 Å². The number of nitrogens with zero attached hydrogens (tertiary/aromatic N) is 3. The Morgan fingerprint density at radius 3 is 2.93 bits per heavy atom. The van der Waals surface area contributed by atoms with Crippen LogP contribution in [0, 0.1) is 18.3 Å². The van der Waals surface area contributed by atoms with Crippen molar-refractivity contribution in [2.24, 2.45) is 0 Å². The van der Waals surface area contributed by atoms with E-state index in [0.717, 1.165) is 28.9 Å². The second-order valence-electron chi connectivity index (χ2n) is 3.25. The zero-order valence-electron chi connectivity index (χ0n) is 9.00. The van der Waals surface area contributed by atoms with Crippen molar-refractivity contribution in [1.82, 2.24) is 4.98 Å². The standard InChI is InChI=1S/C11H14BrN3/c1-3-15(8-4-6-13)11-10(12)9(2)5-7-14-11/h5,7H,3-4,8H2,1-2H3. The third-order valence-electron chi connectivity index (χ3n) is 2.24. The Hall–Kier alpha value is -1.08. The number of nitriles is 1. The van der Waals surface area contributed by atoms with E-state index in [2.05, 4.69) is 38.8 Å². The van der Waals surface area contributed by atoms with Gasteiger partial charge in [-0.05, 0) is 41.4 Å². The fraction of sp³-hybridized carbons (Fsp3) is 0.455. The minimum Gasteiger partial charge on any atom is -0.355 e. The Labute approximate surface area is 98.9 Å². The predicted octanol–water partition coefficient (Wildman–Crippen LogP) is 2.89. The molecule has 15 heavy (non-hydrogen) atoms. The molecule has 0 aliphatic heterocycles. The second-order valence-corrected chi connectivity index (χ2v) is 4.05. The Morgan fingerprint density at radius 2 is 2.33 bits per heavy atom. The molecular weight excluding hydrogens is 254 g/mol. The lowest BCUT2D eigenvalue weighted by atomic mass is 10.3. The van der Waals surface area contributed by atoms with Gasteiger partial charge in [-0.3, -0.25) is 0 Å². The van der Waals surface area contributed by atoms with Gasteiger partial charge < -0.3 is 4.90 Å². The number of aromatic nitrogens is 1. The van der Waals surface area contributed by atoms with Crippen molar-refractivity contribution >= 4 is 21.7 Å². The minimum absolute atomic E-state index is 0.524. The quantitative estimate of drug-likeness (QED) is 0.842. The highest BCUT2D eigenvalue weighted by molar-refractivity contribution is 9.10. The van der Waals surface area contributed by atoms with Crippen LogP contribution in [0.2, 0.25) is 0 Å². The molecule has 0 saturated carbocycles. The van der Waals surface area contributed by atoms with Crippen molar-refractivity contribution in [3.63, 3.8) is 0 Å². The highest BCUT2D eigenvalue weighted by Crippen LogP contribution is 2.26. The molecule has 0 atom stereocenters. The first-order valence-corrected chi connectivity index (χ1v) is 5.73. The molecule has 1 rings (SSSR count). The molecule has 1 aromatic rings. The van der Waals surface area contributed by atoms with Crippen LogP contribution in [0.4, 0.5) is 5.82 Å². The van der Waals surface area contributed by atoms with Crippen LogP contribution >= 0.6 is 15.9 Å². The van der Waals surface area contributed by atoms with Gasteiger partial charge in [0.1, 0.15) is 5.82 Å². The van der Waals surface area contributed by atoms with E-state index in [1.165, 1.54) is 0 Å². The van der Waals surface area contributed by atoms with Gasteiger partial charge in [-0.2, -0.15) is 5.26 Å². The SMILES string of the molecule is CCN(CCC#N)c1nccc(C)c1Br. The molecule has 0 bridgehead atoms. The third kappa shape index (κ3) is 2.93. The predicted molar refractivity (Wildman–Crippen MR) is 64.8 cm³/mol. The number of anilines is 1. The largest absolute Gasteiger partial charge is 0.355 e. The second kappa shape index (κ2) is 5.72. The van der Waals surface area contributed by atoms with Crippen LogP contribution in [0.1, 0.15) is 18.9 Å². The van der Waals surface area contributed by atoms with Crippen molar-refractivity contribution < 1.29 is 0 Å². The van der Waals surface area contributed by atoms with Crippen molar-refractivity contribution in [1.29, 1.82) is 5.26 Å². The molecule has 0 unspecified atom stereocenters. The first-order valence-electron chi connectivity index (χ1n) is 4.93. The molecule has 80 valence electrons. The summed E-state index contributed by atoms with van der Waals surface area (Å²) in [5.74, 6) is 0.924. The highest BCUT2D eigenvalue weighted by Gasteiger charge is 2.10. The van der Waals surface area contributed by atoms with Crippen molar-refractivity contribution in [2.45, 2.75) is 20.3 Å². The van der Waals surface area contributed by atoms with Gasteiger partial charge in [0.25, 0.3) is 0 Å². The van der Waals surface area contributed by atoms with Gasteiger partial charge in [0, 0.05) is 19.3 Å². The molecule has 1 aromatic heterocycles. The van der Waals surface area contributed by atoms with Gasteiger partial charge in [-0.15, -0.1) is 0 Å². The summed E-state index contributed by atoms with van der Waals surface area (Å²) in [5.41, 5.74) is 1.16. The van der Waals surface area contributed by atoms with Crippen LogP contribution in [0.15, 0.2) is 16.7 Å². The summed E-state index contributed by atoms with van der Waals surface area (Å²) in [5, 5.41) is 8.57. The minimum atomic E-state index is 0.524. The lowest BCUT2D eigenvalue weighted by Gasteiger charge is -2.22. The number of hydrogen-bond acceptors (Lipinski definition) is 3. The van der Waals surface area contributed by atoms with E-state index in [1.807, 2.05) is 13.0 Å². The van der Waals surface area contributed by atoms with Gasteiger partial charge in [-0.1, -0.05) is 0 Å². The molecule has 4 heteroatoms. The summed E-state index contributed by atoms with van der Waals surface area (Å²) < 4.78 is 1.02. The molecule has 3 nitrogen and oxygen atoms in total. The molecule has 0 aliphatic rings. The van der Waals surface area contributed by atoms with Crippen LogP contribution in [-0.2, 0) is 0 Å². The molecule has 0 radical (unpaired) electrons. The summed E-state index contributed by atoms with van der Waals surface area (Å²) in [6.45, 7) is 5.68. The summed E-state index contributed by atoms with van der Waals surface area (Å²) in [4.78, 5) is 6.43. The van der Waals surface area contributed by atoms with Crippen LogP contribution in [0.5, 0.6) is 0 Å². The molecule has 0 aromatic carbocycles. The van der Waals surface area contributed by atoms with E-state index in [0.29, 0.717) is 6.42 Å². The highest BCUT2D eigenvalue weighted by atomic mass is 79.9. The lowest BCUT2D eigenvalue weighted by molar-refractivity contribution is 0.807. The molecule has 0 saturated heterocycles. The van der Waals surface area contributed by atoms with E-state index in [1.54, 1.807) is 6.20 Å². The topological polar surface area (TPSA) is 39.9 Å². The molecule has 0 amide bonds. The maximum absolute atomic E-state index is 8.57. The van der Waals surface area contributed by atoms with Crippen LogP contribution < -0.4 is 4.90 Å². The molecule has 0 fully saturated rings. The molecule has 0 spiro atoms. The number of aryl methyl sites for hydroxylation is 1. The number of halogens is 1.